The first-order valence-electron chi connectivity index (χ1n) is 9.19. The third kappa shape index (κ3) is 4.67. The van der Waals surface area contributed by atoms with E-state index in [4.69, 9.17) is 5.73 Å². The molecule has 124 valence electrons. The van der Waals surface area contributed by atoms with Crippen molar-refractivity contribution in [1.29, 1.82) is 0 Å². The van der Waals surface area contributed by atoms with Crippen LogP contribution in [-0.4, -0.2) is 55.1 Å². The van der Waals surface area contributed by atoms with Crippen molar-refractivity contribution in [3.63, 3.8) is 0 Å². The molecule has 2 aliphatic rings. The molecule has 2 N–H and O–H groups in total. The average Bonchev–Trinajstić information content (AvgIpc) is 2.88. The third-order valence-electron chi connectivity index (χ3n) is 6.00. The number of hydrogen-bond donors (Lipinski definition) is 1. The van der Waals surface area contributed by atoms with Crippen molar-refractivity contribution < 1.29 is 0 Å². The first-order chi connectivity index (χ1) is 10.0. The van der Waals surface area contributed by atoms with Crippen molar-refractivity contribution in [3.8, 4) is 0 Å². The van der Waals surface area contributed by atoms with E-state index in [1.165, 1.54) is 58.3 Å². The molecule has 3 heteroatoms. The Balaban J connectivity index is 1.81. The zero-order chi connectivity index (χ0) is 15.4. The lowest BCUT2D eigenvalue weighted by Crippen LogP contribution is -2.46. The third-order valence-corrected chi connectivity index (χ3v) is 6.00. The fourth-order valence-electron chi connectivity index (χ4n) is 4.49. The molecule has 0 bridgehead atoms. The van der Waals surface area contributed by atoms with Gasteiger partial charge in [0.05, 0.1) is 0 Å². The molecule has 4 unspecified atom stereocenters. The summed E-state index contributed by atoms with van der Waals surface area (Å²) in [5, 5.41) is 0. The van der Waals surface area contributed by atoms with Crippen LogP contribution in [0.3, 0.4) is 0 Å². The second-order valence-electron chi connectivity index (χ2n) is 7.89. The van der Waals surface area contributed by atoms with Gasteiger partial charge < -0.3 is 10.6 Å². The quantitative estimate of drug-likeness (QED) is 0.818. The van der Waals surface area contributed by atoms with Gasteiger partial charge in [0.25, 0.3) is 0 Å². The molecule has 0 aromatic rings. The van der Waals surface area contributed by atoms with Gasteiger partial charge in [-0.2, -0.15) is 0 Å². The lowest BCUT2D eigenvalue weighted by molar-refractivity contribution is 0.130. The lowest BCUT2D eigenvalue weighted by atomic mass is 9.74. The summed E-state index contributed by atoms with van der Waals surface area (Å²) in [5.74, 6) is 2.41. The Labute approximate surface area is 132 Å². The smallest absolute Gasteiger partial charge is 0.0223 e. The summed E-state index contributed by atoms with van der Waals surface area (Å²) in [6, 6.07) is 1.20. The normalized spacial score (nSPS) is 35.0. The maximum Gasteiger partial charge on any atom is 0.0223 e. The van der Waals surface area contributed by atoms with Crippen LogP contribution in [0.1, 0.15) is 52.9 Å². The van der Waals surface area contributed by atoms with E-state index < -0.39 is 0 Å². The first kappa shape index (κ1) is 17.2. The molecule has 0 aromatic carbocycles. The molecule has 1 saturated carbocycles. The van der Waals surface area contributed by atoms with Gasteiger partial charge in [0.2, 0.25) is 0 Å². The monoisotopic (exact) mass is 295 g/mol. The van der Waals surface area contributed by atoms with Gasteiger partial charge in [-0.05, 0) is 70.0 Å². The number of likely N-dealkylation sites (N-methyl/N-ethyl adjacent to an activating group) is 2. The highest BCUT2D eigenvalue weighted by Crippen LogP contribution is 2.33. The van der Waals surface area contributed by atoms with Crippen molar-refractivity contribution >= 4 is 0 Å². The topological polar surface area (TPSA) is 32.5 Å². The zero-order valence-corrected chi connectivity index (χ0v) is 14.7. The van der Waals surface area contributed by atoms with Crippen LogP contribution in [0, 0.1) is 17.8 Å². The Morgan fingerprint density at radius 3 is 2.62 bits per heavy atom. The maximum absolute atomic E-state index is 6.41. The molecule has 0 radical (unpaired) electrons. The van der Waals surface area contributed by atoms with E-state index >= 15 is 0 Å². The Morgan fingerprint density at radius 2 is 1.95 bits per heavy atom. The minimum absolute atomic E-state index is 0.424. The van der Waals surface area contributed by atoms with Gasteiger partial charge in [-0.1, -0.05) is 20.8 Å². The van der Waals surface area contributed by atoms with E-state index in [9.17, 15) is 0 Å². The molecule has 0 spiro atoms. The minimum Gasteiger partial charge on any atom is -0.327 e. The zero-order valence-electron chi connectivity index (χ0n) is 14.7. The van der Waals surface area contributed by atoms with Crippen molar-refractivity contribution in [2.24, 2.45) is 23.5 Å². The SMILES string of the molecule is CCN1CCCC1CN(C)CC1CC(C(C)C)CCC1N. The molecular formula is C18H37N3. The average molecular weight is 296 g/mol. The van der Waals surface area contributed by atoms with Crippen LogP contribution < -0.4 is 5.73 Å². The molecule has 1 aliphatic heterocycles. The predicted molar refractivity (Wildman–Crippen MR) is 91.4 cm³/mol. The van der Waals surface area contributed by atoms with Crippen molar-refractivity contribution in [1.82, 2.24) is 9.80 Å². The van der Waals surface area contributed by atoms with Gasteiger partial charge in [-0.25, -0.2) is 0 Å². The standard InChI is InChI=1S/C18H37N3/c1-5-21-10-6-7-17(21)13-20(4)12-16-11-15(14(2)3)8-9-18(16)19/h14-18H,5-13,19H2,1-4H3. The number of rotatable bonds is 6. The van der Waals surface area contributed by atoms with Crippen molar-refractivity contribution in [3.05, 3.63) is 0 Å². The molecule has 21 heavy (non-hydrogen) atoms. The Hall–Kier alpha value is -0.120. The first-order valence-corrected chi connectivity index (χ1v) is 9.19. The van der Waals surface area contributed by atoms with Crippen molar-refractivity contribution in [2.75, 3.05) is 33.2 Å². The maximum atomic E-state index is 6.41. The Morgan fingerprint density at radius 1 is 1.19 bits per heavy atom. The second kappa shape index (κ2) is 7.94. The summed E-state index contributed by atoms with van der Waals surface area (Å²) >= 11 is 0. The molecule has 2 fully saturated rings. The summed E-state index contributed by atoms with van der Waals surface area (Å²) in [7, 11) is 2.30. The van der Waals surface area contributed by atoms with E-state index in [-0.39, 0.29) is 0 Å². The molecular weight excluding hydrogens is 258 g/mol. The van der Waals surface area contributed by atoms with Crippen LogP contribution in [0.25, 0.3) is 0 Å². The van der Waals surface area contributed by atoms with E-state index in [0.717, 1.165) is 17.9 Å². The van der Waals surface area contributed by atoms with Crippen LogP contribution in [0.5, 0.6) is 0 Å². The number of nitrogens with zero attached hydrogens (tertiary/aromatic N) is 2. The second-order valence-corrected chi connectivity index (χ2v) is 7.89. The Kier molecular flexibility index (Phi) is 6.51. The fraction of sp³-hybridized carbons (Fsp3) is 1.00. The summed E-state index contributed by atoms with van der Waals surface area (Å²) in [6.45, 7) is 12.0. The van der Waals surface area contributed by atoms with Crippen LogP contribution in [-0.2, 0) is 0 Å². The highest BCUT2D eigenvalue weighted by molar-refractivity contribution is 4.87. The molecule has 1 aliphatic carbocycles. The Bertz CT molecular complexity index is 305. The fourth-order valence-corrected chi connectivity index (χ4v) is 4.49. The molecule has 1 heterocycles. The van der Waals surface area contributed by atoms with Gasteiger partial charge in [-0.3, -0.25) is 4.90 Å². The highest BCUT2D eigenvalue weighted by Gasteiger charge is 2.31. The predicted octanol–water partition coefficient (Wildman–Crippen LogP) is 2.80. The van der Waals surface area contributed by atoms with E-state index in [0.29, 0.717) is 12.0 Å². The number of likely N-dealkylation sites (tertiary alicyclic amines) is 1. The summed E-state index contributed by atoms with van der Waals surface area (Å²) in [4.78, 5) is 5.21. The lowest BCUT2D eigenvalue weighted by Gasteiger charge is -2.38. The van der Waals surface area contributed by atoms with E-state index in [2.05, 4.69) is 37.6 Å². The van der Waals surface area contributed by atoms with Crippen LogP contribution in [0.15, 0.2) is 0 Å². The molecule has 0 amide bonds. The van der Waals surface area contributed by atoms with Gasteiger partial charge in [0.1, 0.15) is 0 Å². The molecule has 4 atom stereocenters. The summed E-state index contributed by atoms with van der Waals surface area (Å²) < 4.78 is 0. The van der Waals surface area contributed by atoms with Crippen LogP contribution in [0.4, 0.5) is 0 Å². The van der Waals surface area contributed by atoms with Crippen molar-refractivity contribution in [2.45, 2.75) is 65.0 Å². The van der Waals surface area contributed by atoms with Crippen LogP contribution >= 0.6 is 0 Å². The molecule has 0 aromatic heterocycles. The highest BCUT2D eigenvalue weighted by atomic mass is 15.2. The number of hydrogen-bond acceptors (Lipinski definition) is 3. The molecule has 3 nitrogen and oxygen atoms in total. The summed E-state index contributed by atoms with van der Waals surface area (Å²) in [5.41, 5.74) is 6.41. The molecule has 1 saturated heterocycles. The minimum atomic E-state index is 0.424. The van der Waals surface area contributed by atoms with E-state index in [1.807, 2.05) is 0 Å². The molecule has 2 rings (SSSR count). The van der Waals surface area contributed by atoms with Crippen LogP contribution in [0.2, 0.25) is 0 Å². The number of nitrogens with two attached hydrogens (primary N) is 1. The van der Waals surface area contributed by atoms with E-state index in [1.54, 1.807) is 0 Å². The van der Waals surface area contributed by atoms with Gasteiger partial charge in [0, 0.05) is 25.2 Å². The van der Waals surface area contributed by atoms with Gasteiger partial charge in [-0.15, -0.1) is 0 Å². The largest absolute Gasteiger partial charge is 0.327 e. The van der Waals surface area contributed by atoms with Gasteiger partial charge >= 0.3 is 0 Å². The summed E-state index contributed by atoms with van der Waals surface area (Å²) in [6.07, 6.45) is 6.66. The van der Waals surface area contributed by atoms with Gasteiger partial charge in [0.15, 0.2) is 0 Å².